The van der Waals surface area contributed by atoms with Crippen LogP contribution in [0.3, 0.4) is 0 Å². The molecule has 0 bridgehead atoms. The fourth-order valence-electron chi connectivity index (χ4n) is 3.33. The summed E-state index contributed by atoms with van der Waals surface area (Å²) in [7, 11) is 0. The standard InChI is InChI=1S/C16H20ClNO2/c17-13-4-2-12(3-5-13)14(19)10-15(20)18-9-8-16(11-18)6-1-7-16/h2-5,14,19H,1,6-11H2. The number of nitrogens with zero attached hydrogens (tertiary/aromatic N) is 1. The molecule has 1 amide bonds. The Kier molecular flexibility index (Phi) is 3.74. The molecule has 20 heavy (non-hydrogen) atoms. The van der Waals surface area contributed by atoms with Crippen molar-refractivity contribution in [2.24, 2.45) is 5.41 Å². The number of carbonyl (C=O) groups excluding carboxylic acids is 1. The highest BCUT2D eigenvalue weighted by molar-refractivity contribution is 6.30. The van der Waals surface area contributed by atoms with Crippen molar-refractivity contribution in [1.82, 2.24) is 4.90 Å². The molecular formula is C16H20ClNO2. The van der Waals surface area contributed by atoms with Crippen molar-refractivity contribution in [3.8, 4) is 0 Å². The van der Waals surface area contributed by atoms with Crippen LogP contribution in [0.4, 0.5) is 0 Å². The Bertz CT molecular complexity index is 496. The molecule has 1 saturated carbocycles. The van der Waals surface area contributed by atoms with Crippen molar-refractivity contribution in [1.29, 1.82) is 0 Å². The van der Waals surface area contributed by atoms with Gasteiger partial charge in [-0.1, -0.05) is 30.2 Å². The lowest BCUT2D eigenvalue weighted by molar-refractivity contribution is -0.133. The van der Waals surface area contributed by atoms with Crippen molar-refractivity contribution in [3.63, 3.8) is 0 Å². The third kappa shape index (κ3) is 2.70. The van der Waals surface area contributed by atoms with Crippen LogP contribution >= 0.6 is 11.6 Å². The van der Waals surface area contributed by atoms with Gasteiger partial charge in [-0.2, -0.15) is 0 Å². The van der Waals surface area contributed by atoms with Crippen molar-refractivity contribution < 1.29 is 9.90 Å². The fourth-order valence-corrected chi connectivity index (χ4v) is 3.46. The molecule has 1 spiro atoms. The maximum atomic E-state index is 12.3. The third-order valence-corrected chi connectivity index (χ3v) is 5.08. The summed E-state index contributed by atoms with van der Waals surface area (Å²) in [5, 5.41) is 10.8. The Morgan fingerprint density at radius 2 is 2.00 bits per heavy atom. The summed E-state index contributed by atoms with van der Waals surface area (Å²) >= 11 is 5.82. The molecule has 2 aliphatic rings. The molecule has 108 valence electrons. The molecule has 4 heteroatoms. The summed E-state index contributed by atoms with van der Waals surface area (Å²) in [4.78, 5) is 14.2. The van der Waals surface area contributed by atoms with Gasteiger partial charge < -0.3 is 10.0 Å². The van der Waals surface area contributed by atoms with Crippen LogP contribution in [0.15, 0.2) is 24.3 Å². The van der Waals surface area contributed by atoms with Crippen LogP contribution in [-0.4, -0.2) is 29.0 Å². The smallest absolute Gasteiger partial charge is 0.225 e. The Morgan fingerprint density at radius 1 is 1.30 bits per heavy atom. The minimum Gasteiger partial charge on any atom is -0.388 e. The zero-order valence-electron chi connectivity index (χ0n) is 11.5. The van der Waals surface area contributed by atoms with E-state index in [-0.39, 0.29) is 12.3 Å². The minimum atomic E-state index is -0.738. The molecule has 1 atom stereocenters. The second-order valence-corrected chi connectivity index (χ2v) is 6.63. The summed E-state index contributed by atoms with van der Waals surface area (Å²) < 4.78 is 0. The van der Waals surface area contributed by atoms with Gasteiger partial charge in [0.05, 0.1) is 12.5 Å². The molecule has 1 unspecified atom stereocenters. The largest absolute Gasteiger partial charge is 0.388 e. The van der Waals surface area contributed by atoms with E-state index in [1.165, 1.54) is 19.3 Å². The van der Waals surface area contributed by atoms with Gasteiger partial charge in [-0.25, -0.2) is 0 Å². The predicted molar refractivity (Wildman–Crippen MR) is 78.5 cm³/mol. The lowest BCUT2D eigenvalue weighted by Crippen LogP contribution is -2.36. The summed E-state index contributed by atoms with van der Waals surface area (Å²) in [6.07, 6.45) is 4.38. The van der Waals surface area contributed by atoms with Crippen LogP contribution in [0.5, 0.6) is 0 Å². The highest BCUT2D eigenvalue weighted by Crippen LogP contribution is 2.48. The normalized spacial score (nSPS) is 21.8. The van der Waals surface area contributed by atoms with E-state index < -0.39 is 6.10 Å². The van der Waals surface area contributed by atoms with E-state index in [0.717, 1.165) is 25.1 Å². The molecule has 1 aliphatic heterocycles. The van der Waals surface area contributed by atoms with Crippen molar-refractivity contribution in [2.45, 2.75) is 38.2 Å². The van der Waals surface area contributed by atoms with E-state index in [0.29, 0.717) is 10.4 Å². The van der Waals surface area contributed by atoms with Gasteiger partial charge in [-0.05, 0) is 42.4 Å². The number of aliphatic hydroxyl groups is 1. The number of amides is 1. The zero-order chi connectivity index (χ0) is 14.2. The third-order valence-electron chi connectivity index (χ3n) is 4.83. The number of benzene rings is 1. The van der Waals surface area contributed by atoms with Gasteiger partial charge in [0, 0.05) is 18.1 Å². The van der Waals surface area contributed by atoms with Gasteiger partial charge in [-0.3, -0.25) is 4.79 Å². The number of likely N-dealkylation sites (tertiary alicyclic amines) is 1. The first-order valence-electron chi connectivity index (χ1n) is 7.29. The van der Waals surface area contributed by atoms with E-state index >= 15 is 0 Å². The van der Waals surface area contributed by atoms with E-state index in [4.69, 9.17) is 11.6 Å². The quantitative estimate of drug-likeness (QED) is 0.930. The molecule has 2 fully saturated rings. The highest BCUT2D eigenvalue weighted by Gasteiger charge is 2.44. The Labute approximate surface area is 124 Å². The molecule has 3 rings (SSSR count). The molecular weight excluding hydrogens is 274 g/mol. The maximum Gasteiger partial charge on any atom is 0.225 e. The fraction of sp³-hybridized carbons (Fsp3) is 0.562. The lowest BCUT2D eigenvalue weighted by atomic mass is 9.68. The number of halogens is 1. The van der Waals surface area contributed by atoms with Gasteiger partial charge in [0.1, 0.15) is 0 Å². The minimum absolute atomic E-state index is 0.0659. The van der Waals surface area contributed by atoms with Crippen molar-refractivity contribution >= 4 is 17.5 Å². The van der Waals surface area contributed by atoms with Crippen LogP contribution in [0.2, 0.25) is 5.02 Å². The van der Waals surface area contributed by atoms with Crippen LogP contribution < -0.4 is 0 Å². The van der Waals surface area contributed by atoms with Gasteiger partial charge in [0.25, 0.3) is 0 Å². The molecule has 1 aromatic rings. The number of rotatable bonds is 3. The number of hydrogen-bond acceptors (Lipinski definition) is 2. The SMILES string of the molecule is O=C(CC(O)c1ccc(Cl)cc1)N1CCC2(CCC2)C1. The zero-order valence-corrected chi connectivity index (χ0v) is 12.3. The summed E-state index contributed by atoms with van der Waals surface area (Å²) in [5.41, 5.74) is 1.17. The first-order chi connectivity index (χ1) is 9.58. The van der Waals surface area contributed by atoms with Gasteiger partial charge >= 0.3 is 0 Å². The molecule has 3 nitrogen and oxygen atoms in total. The Hall–Kier alpha value is -1.06. The Morgan fingerprint density at radius 3 is 2.55 bits per heavy atom. The first-order valence-corrected chi connectivity index (χ1v) is 7.67. The average Bonchev–Trinajstić information content (AvgIpc) is 2.84. The first kappa shape index (κ1) is 13.9. The molecule has 1 aliphatic carbocycles. The van der Waals surface area contributed by atoms with Crippen LogP contribution in [0.1, 0.15) is 43.8 Å². The maximum absolute atomic E-state index is 12.3. The van der Waals surface area contributed by atoms with Gasteiger partial charge in [0.2, 0.25) is 5.91 Å². The topological polar surface area (TPSA) is 40.5 Å². The number of carbonyl (C=O) groups is 1. The molecule has 1 aromatic carbocycles. The van der Waals surface area contributed by atoms with E-state index in [2.05, 4.69) is 0 Å². The average molecular weight is 294 g/mol. The molecule has 1 saturated heterocycles. The summed E-state index contributed by atoms with van der Waals surface area (Å²) in [5.74, 6) is 0.0659. The van der Waals surface area contributed by atoms with Crippen LogP contribution in [0.25, 0.3) is 0 Å². The monoisotopic (exact) mass is 293 g/mol. The Balaban J connectivity index is 1.57. The van der Waals surface area contributed by atoms with Gasteiger partial charge in [0.15, 0.2) is 0 Å². The van der Waals surface area contributed by atoms with Crippen LogP contribution in [-0.2, 0) is 4.79 Å². The van der Waals surface area contributed by atoms with Crippen LogP contribution in [0, 0.1) is 5.41 Å². The van der Waals surface area contributed by atoms with E-state index in [9.17, 15) is 9.90 Å². The molecule has 1 heterocycles. The molecule has 1 N–H and O–H groups in total. The second-order valence-electron chi connectivity index (χ2n) is 6.19. The van der Waals surface area contributed by atoms with E-state index in [1.54, 1.807) is 24.3 Å². The summed E-state index contributed by atoms with van der Waals surface area (Å²) in [6.45, 7) is 1.74. The van der Waals surface area contributed by atoms with Gasteiger partial charge in [-0.15, -0.1) is 0 Å². The lowest BCUT2D eigenvalue weighted by Gasteiger charge is -2.38. The molecule has 0 aromatic heterocycles. The number of aliphatic hydroxyl groups excluding tert-OH is 1. The van der Waals surface area contributed by atoms with Crippen molar-refractivity contribution in [2.75, 3.05) is 13.1 Å². The van der Waals surface area contributed by atoms with E-state index in [1.807, 2.05) is 4.90 Å². The highest BCUT2D eigenvalue weighted by atomic mass is 35.5. The predicted octanol–water partition coefficient (Wildman–Crippen LogP) is 3.17. The van der Waals surface area contributed by atoms with Crippen molar-refractivity contribution in [3.05, 3.63) is 34.9 Å². The second kappa shape index (κ2) is 5.38. The summed E-state index contributed by atoms with van der Waals surface area (Å²) in [6, 6.07) is 7.03. The molecule has 0 radical (unpaired) electrons. The number of hydrogen-bond donors (Lipinski definition) is 1.